The summed E-state index contributed by atoms with van der Waals surface area (Å²) in [6, 6.07) is 1.35. The fourth-order valence-electron chi connectivity index (χ4n) is 1.37. The third kappa shape index (κ3) is 4.20. The minimum atomic E-state index is -0.339. The largest absolute Gasteiger partial charge is 0.478 e. The highest BCUT2D eigenvalue weighted by Crippen LogP contribution is 2.12. The van der Waals surface area contributed by atoms with Crippen molar-refractivity contribution in [2.75, 3.05) is 26.0 Å². The van der Waals surface area contributed by atoms with Crippen LogP contribution in [0.15, 0.2) is 12.4 Å². The predicted octanol–water partition coefficient (Wildman–Crippen LogP) is 1.15. The fourth-order valence-corrected chi connectivity index (χ4v) is 1.37. The summed E-state index contributed by atoms with van der Waals surface area (Å²) in [5, 5.41) is 3.02. The van der Waals surface area contributed by atoms with E-state index >= 15 is 0 Å². The molecular formula is C12H20N4O2. The minimum absolute atomic E-state index is 0.00959. The molecule has 6 heteroatoms. The summed E-state index contributed by atoms with van der Waals surface area (Å²) >= 11 is 0. The second kappa shape index (κ2) is 6.78. The molecule has 0 fully saturated rings. The van der Waals surface area contributed by atoms with Crippen molar-refractivity contribution in [1.29, 1.82) is 0 Å². The van der Waals surface area contributed by atoms with Gasteiger partial charge in [-0.25, -0.2) is 9.97 Å². The van der Waals surface area contributed by atoms with Crippen LogP contribution >= 0.6 is 0 Å². The van der Waals surface area contributed by atoms with Crippen LogP contribution in [-0.2, 0) is 4.79 Å². The summed E-state index contributed by atoms with van der Waals surface area (Å²) in [5.41, 5.74) is 0. The molecule has 0 saturated carbocycles. The van der Waals surface area contributed by atoms with Crippen molar-refractivity contribution in [1.82, 2.24) is 14.9 Å². The number of likely N-dealkylation sites (N-methyl/N-ethyl adjacent to an activating group) is 1. The first-order chi connectivity index (χ1) is 8.54. The molecule has 0 aliphatic rings. The second-order valence-electron chi connectivity index (χ2n) is 4.19. The van der Waals surface area contributed by atoms with Gasteiger partial charge in [-0.05, 0) is 13.3 Å². The molecule has 6 nitrogen and oxygen atoms in total. The smallest absolute Gasteiger partial charge is 0.244 e. The number of rotatable bonds is 6. The quantitative estimate of drug-likeness (QED) is 0.822. The second-order valence-corrected chi connectivity index (χ2v) is 4.19. The first-order valence-electron chi connectivity index (χ1n) is 5.97. The molecule has 100 valence electrons. The van der Waals surface area contributed by atoms with E-state index in [1.807, 2.05) is 6.92 Å². The van der Waals surface area contributed by atoms with E-state index in [1.54, 1.807) is 27.1 Å². The molecule has 1 heterocycles. The highest BCUT2D eigenvalue weighted by atomic mass is 16.5. The lowest BCUT2D eigenvalue weighted by atomic mass is 10.3. The lowest BCUT2D eigenvalue weighted by molar-refractivity contribution is -0.129. The van der Waals surface area contributed by atoms with Gasteiger partial charge < -0.3 is 15.0 Å². The van der Waals surface area contributed by atoms with Crippen LogP contribution in [0.4, 0.5) is 5.82 Å². The first-order valence-corrected chi connectivity index (χ1v) is 5.97. The van der Waals surface area contributed by atoms with Gasteiger partial charge in [-0.15, -0.1) is 0 Å². The molecule has 18 heavy (non-hydrogen) atoms. The number of amides is 1. The SMILES string of the molecule is CCCOc1cc(NC(C)C(=O)N(C)C)ncn1. The third-order valence-electron chi connectivity index (χ3n) is 2.27. The molecule has 1 N–H and O–H groups in total. The number of hydrogen-bond acceptors (Lipinski definition) is 5. The molecule has 1 amide bonds. The number of hydrogen-bond donors (Lipinski definition) is 1. The van der Waals surface area contributed by atoms with Gasteiger partial charge in [0, 0.05) is 20.2 Å². The standard InChI is InChI=1S/C12H20N4O2/c1-5-6-18-11-7-10(13-8-14-11)15-9(2)12(17)16(3)4/h7-9H,5-6H2,1-4H3,(H,13,14,15). The van der Waals surface area contributed by atoms with E-state index in [4.69, 9.17) is 4.74 Å². The zero-order chi connectivity index (χ0) is 13.5. The minimum Gasteiger partial charge on any atom is -0.478 e. The first kappa shape index (κ1) is 14.2. The molecular weight excluding hydrogens is 232 g/mol. The van der Waals surface area contributed by atoms with Crippen LogP contribution in [0.3, 0.4) is 0 Å². The van der Waals surface area contributed by atoms with Crippen LogP contribution < -0.4 is 10.1 Å². The molecule has 0 spiro atoms. The van der Waals surface area contributed by atoms with Crippen LogP contribution in [0.1, 0.15) is 20.3 Å². The van der Waals surface area contributed by atoms with Gasteiger partial charge in [0.25, 0.3) is 0 Å². The number of ether oxygens (including phenoxy) is 1. The number of anilines is 1. The zero-order valence-corrected chi connectivity index (χ0v) is 11.3. The molecule has 0 radical (unpaired) electrons. The summed E-state index contributed by atoms with van der Waals surface area (Å²) in [4.78, 5) is 21.3. The number of nitrogens with one attached hydrogen (secondary N) is 1. The van der Waals surface area contributed by atoms with Gasteiger partial charge in [0.2, 0.25) is 11.8 Å². The van der Waals surface area contributed by atoms with Crippen molar-refractivity contribution in [3.05, 3.63) is 12.4 Å². The Balaban J connectivity index is 2.64. The highest BCUT2D eigenvalue weighted by Gasteiger charge is 2.15. The molecule has 1 rings (SSSR count). The van der Waals surface area contributed by atoms with Gasteiger partial charge in [-0.2, -0.15) is 0 Å². The lowest BCUT2D eigenvalue weighted by Gasteiger charge is -2.18. The Morgan fingerprint density at radius 1 is 1.50 bits per heavy atom. The Hall–Kier alpha value is -1.85. The topological polar surface area (TPSA) is 67.3 Å². The van der Waals surface area contributed by atoms with Gasteiger partial charge >= 0.3 is 0 Å². The van der Waals surface area contributed by atoms with E-state index < -0.39 is 0 Å². The fraction of sp³-hybridized carbons (Fsp3) is 0.583. The van der Waals surface area contributed by atoms with Gasteiger partial charge in [0.1, 0.15) is 18.2 Å². The monoisotopic (exact) mass is 252 g/mol. The van der Waals surface area contributed by atoms with Crippen LogP contribution in [0.25, 0.3) is 0 Å². The van der Waals surface area contributed by atoms with E-state index in [0.29, 0.717) is 18.3 Å². The molecule has 0 bridgehead atoms. The maximum atomic E-state index is 11.7. The molecule has 0 aliphatic carbocycles. The van der Waals surface area contributed by atoms with Gasteiger partial charge in [0.05, 0.1) is 6.61 Å². The van der Waals surface area contributed by atoms with Crippen molar-refractivity contribution in [3.63, 3.8) is 0 Å². The average Bonchev–Trinajstić information content (AvgIpc) is 2.35. The highest BCUT2D eigenvalue weighted by molar-refractivity contribution is 5.83. The van der Waals surface area contributed by atoms with Gasteiger partial charge in [-0.3, -0.25) is 4.79 Å². The van der Waals surface area contributed by atoms with Crippen LogP contribution in [-0.4, -0.2) is 47.5 Å². The summed E-state index contributed by atoms with van der Waals surface area (Å²) < 4.78 is 5.40. The Morgan fingerprint density at radius 3 is 2.83 bits per heavy atom. The van der Waals surface area contributed by atoms with Gasteiger partial charge in [-0.1, -0.05) is 6.92 Å². The summed E-state index contributed by atoms with van der Waals surface area (Å²) in [5.74, 6) is 1.09. The normalized spacial score (nSPS) is 11.8. The zero-order valence-electron chi connectivity index (χ0n) is 11.3. The predicted molar refractivity (Wildman–Crippen MR) is 69.6 cm³/mol. The summed E-state index contributed by atoms with van der Waals surface area (Å²) in [6.45, 7) is 4.43. The van der Waals surface area contributed by atoms with Crippen molar-refractivity contribution >= 4 is 11.7 Å². The Labute approximate surface area is 107 Å². The van der Waals surface area contributed by atoms with Crippen LogP contribution in [0.2, 0.25) is 0 Å². The maximum Gasteiger partial charge on any atom is 0.244 e. The van der Waals surface area contributed by atoms with Crippen LogP contribution in [0.5, 0.6) is 5.88 Å². The summed E-state index contributed by atoms with van der Waals surface area (Å²) in [7, 11) is 3.44. The molecule has 0 aliphatic heterocycles. The maximum absolute atomic E-state index is 11.7. The number of carbonyl (C=O) groups is 1. The Kier molecular flexibility index (Phi) is 5.35. The van der Waals surface area contributed by atoms with E-state index in [0.717, 1.165) is 6.42 Å². The van der Waals surface area contributed by atoms with E-state index in [9.17, 15) is 4.79 Å². The number of carbonyl (C=O) groups excluding carboxylic acids is 1. The molecule has 1 aromatic heterocycles. The molecule has 1 aromatic rings. The average molecular weight is 252 g/mol. The van der Waals surface area contributed by atoms with Crippen molar-refractivity contribution < 1.29 is 9.53 Å². The van der Waals surface area contributed by atoms with E-state index in [2.05, 4.69) is 15.3 Å². The van der Waals surface area contributed by atoms with Crippen molar-refractivity contribution in [2.24, 2.45) is 0 Å². The van der Waals surface area contributed by atoms with Crippen molar-refractivity contribution in [3.8, 4) is 5.88 Å². The van der Waals surface area contributed by atoms with Crippen molar-refractivity contribution in [2.45, 2.75) is 26.3 Å². The number of aromatic nitrogens is 2. The Morgan fingerprint density at radius 2 is 2.22 bits per heavy atom. The lowest BCUT2D eigenvalue weighted by Crippen LogP contribution is -2.36. The van der Waals surface area contributed by atoms with Crippen LogP contribution in [0, 0.1) is 0 Å². The summed E-state index contributed by atoms with van der Waals surface area (Å²) in [6.07, 6.45) is 2.34. The molecule has 0 aromatic carbocycles. The van der Waals surface area contributed by atoms with Gasteiger partial charge in [0.15, 0.2) is 0 Å². The molecule has 1 unspecified atom stereocenters. The third-order valence-corrected chi connectivity index (χ3v) is 2.27. The molecule has 1 atom stereocenters. The number of nitrogens with zero attached hydrogens (tertiary/aromatic N) is 3. The van der Waals surface area contributed by atoms with E-state index in [-0.39, 0.29) is 11.9 Å². The Bertz CT molecular complexity index is 395. The molecule has 0 saturated heterocycles. The van der Waals surface area contributed by atoms with E-state index in [1.165, 1.54) is 11.2 Å².